The second-order valence-electron chi connectivity index (χ2n) is 5.40. The number of esters is 1. The van der Waals surface area contributed by atoms with Gasteiger partial charge in [-0.25, -0.2) is 4.39 Å². The van der Waals surface area contributed by atoms with Crippen molar-refractivity contribution in [3.8, 4) is 0 Å². The van der Waals surface area contributed by atoms with E-state index in [9.17, 15) is 14.0 Å². The average molecular weight is 393 g/mol. The van der Waals surface area contributed by atoms with E-state index >= 15 is 0 Å². The Balaban J connectivity index is 2.06. The maximum absolute atomic E-state index is 13.0. The highest BCUT2D eigenvalue weighted by atomic mass is 35.5. The molecule has 26 heavy (non-hydrogen) atoms. The molecule has 0 saturated carbocycles. The third kappa shape index (κ3) is 4.00. The lowest BCUT2D eigenvalue weighted by molar-refractivity contribution is -0.140. The molecular weight excluding hydrogens is 379 g/mol. The van der Waals surface area contributed by atoms with Crippen molar-refractivity contribution < 1.29 is 18.7 Å². The van der Waals surface area contributed by atoms with Crippen LogP contribution in [0.3, 0.4) is 0 Å². The topological polar surface area (TPSA) is 60.7 Å². The quantitative estimate of drug-likeness (QED) is 0.634. The second kappa shape index (κ2) is 7.80. The summed E-state index contributed by atoms with van der Waals surface area (Å²) in [4.78, 5) is 28.5. The summed E-state index contributed by atoms with van der Waals surface area (Å²) < 4.78 is 20.3. The first-order valence-electron chi connectivity index (χ1n) is 7.68. The first-order chi connectivity index (χ1) is 12.5. The van der Waals surface area contributed by atoms with Gasteiger partial charge in [0.15, 0.2) is 4.80 Å². The summed E-state index contributed by atoms with van der Waals surface area (Å²) in [5.41, 5.74) is 1.09. The predicted octanol–water partition coefficient (Wildman–Crippen LogP) is 3.80. The number of amides is 1. The number of hydrogen-bond donors (Lipinski definition) is 0. The molecule has 0 saturated heterocycles. The monoisotopic (exact) mass is 392 g/mol. The minimum atomic E-state index is -0.491. The number of ether oxygens (including phenoxy) is 1. The number of carbonyl (C=O) groups excluding carboxylic acids is 2. The van der Waals surface area contributed by atoms with Crippen LogP contribution in [0.4, 0.5) is 4.39 Å². The second-order valence-corrected chi connectivity index (χ2v) is 6.84. The number of benzene rings is 2. The van der Waals surface area contributed by atoms with Gasteiger partial charge in [-0.2, -0.15) is 4.99 Å². The van der Waals surface area contributed by atoms with Crippen molar-refractivity contribution in [1.29, 1.82) is 0 Å². The minimum absolute atomic E-state index is 0.142. The van der Waals surface area contributed by atoms with Gasteiger partial charge in [0.05, 0.1) is 23.7 Å². The van der Waals surface area contributed by atoms with Crippen LogP contribution in [0.5, 0.6) is 0 Å². The van der Waals surface area contributed by atoms with Gasteiger partial charge in [-0.1, -0.05) is 22.9 Å². The van der Waals surface area contributed by atoms with Gasteiger partial charge in [0.1, 0.15) is 5.82 Å². The number of halogens is 2. The van der Waals surface area contributed by atoms with E-state index in [4.69, 9.17) is 11.6 Å². The lowest BCUT2D eigenvalue weighted by Gasteiger charge is -2.04. The molecule has 0 unspecified atom stereocenters. The van der Waals surface area contributed by atoms with Crippen LogP contribution in [0.25, 0.3) is 10.2 Å². The Morgan fingerprint density at radius 2 is 1.96 bits per heavy atom. The van der Waals surface area contributed by atoms with Crippen LogP contribution in [0.1, 0.15) is 16.8 Å². The van der Waals surface area contributed by atoms with Gasteiger partial charge in [0.2, 0.25) is 0 Å². The molecule has 2 aromatic carbocycles. The van der Waals surface area contributed by atoms with E-state index in [2.05, 4.69) is 9.73 Å². The van der Waals surface area contributed by atoms with E-state index in [-0.39, 0.29) is 18.0 Å². The third-order valence-electron chi connectivity index (χ3n) is 3.70. The molecule has 0 spiro atoms. The first kappa shape index (κ1) is 18.3. The number of methoxy groups -OCH3 is 1. The average Bonchev–Trinajstić information content (AvgIpc) is 2.96. The van der Waals surface area contributed by atoms with Crippen LogP contribution in [0.2, 0.25) is 5.02 Å². The van der Waals surface area contributed by atoms with E-state index < -0.39 is 11.7 Å². The number of rotatable bonds is 4. The molecule has 3 aromatic rings. The Morgan fingerprint density at radius 3 is 2.65 bits per heavy atom. The van der Waals surface area contributed by atoms with Crippen LogP contribution in [0, 0.1) is 5.82 Å². The lowest BCUT2D eigenvalue weighted by atomic mass is 10.2. The summed E-state index contributed by atoms with van der Waals surface area (Å²) in [7, 11) is 1.32. The molecule has 0 aliphatic carbocycles. The van der Waals surface area contributed by atoms with Gasteiger partial charge in [-0.15, -0.1) is 0 Å². The molecule has 134 valence electrons. The van der Waals surface area contributed by atoms with Crippen LogP contribution in [0.15, 0.2) is 47.5 Å². The largest absolute Gasteiger partial charge is 0.469 e. The lowest BCUT2D eigenvalue weighted by Crippen LogP contribution is -2.19. The number of carbonyl (C=O) groups is 2. The molecule has 0 aliphatic rings. The number of aromatic nitrogens is 1. The SMILES string of the molecule is COC(=O)CCn1c(=NC(=O)c2ccc(F)cc2)sc2cc(Cl)ccc21. The highest BCUT2D eigenvalue weighted by Gasteiger charge is 2.11. The van der Waals surface area contributed by atoms with Crippen molar-refractivity contribution in [2.75, 3.05) is 7.11 Å². The number of aryl methyl sites for hydroxylation is 1. The van der Waals surface area contributed by atoms with E-state index in [0.29, 0.717) is 16.4 Å². The fraction of sp³-hybridized carbons (Fsp3) is 0.167. The molecule has 1 amide bonds. The molecule has 0 fully saturated rings. The van der Waals surface area contributed by atoms with Crippen molar-refractivity contribution in [1.82, 2.24) is 4.57 Å². The molecule has 0 bridgehead atoms. The summed E-state index contributed by atoms with van der Waals surface area (Å²) in [6, 6.07) is 10.5. The Kier molecular flexibility index (Phi) is 5.49. The molecule has 0 radical (unpaired) electrons. The van der Waals surface area contributed by atoms with E-state index in [0.717, 1.165) is 10.2 Å². The fourth-order valence-electron chi connectivity index (χ4n) is 2.40. The Bertz CT molecular complexity index is 1040. The van der Waals surface area contributed by atoms with E-state index in [1.165, 1.54) is 42.7 Å². The molecule has 1 heterocycles. The summed E-state index contributed by atoms with van der Waals surface area (Å²) in [6.45, 7) is 0.309. The zero-order valence-electron chi connectivity index (χ0n) is 13.7. The first-order valence-corrected chi connectivity index (χ1v) is 8.87. The highest BCUT2D eigenvalue weighted by Crippen LogP contribution is 2.22. The third-order valence-corrected chi connectivity index (χ3v) is 4.98. The smallest absolute Gasteiger partial charge is 0.307 e. The molecule has 8 heteroatoms. The van der Waals surface area contributed by atoms with Crippen LogP contribution in [-0.2, 0) is 16.1 Å². The van der Waals surface area contributed by atoms with E-state index in [1.54, 1.807) is 16.7 Å². The van der Waals surface area contributed by atoms with Gasteiger partial charge >= 0.3 is 5.97 Å². The van der Waals surface area contributed by atoms with Crippen molar-refractivity contribution in [2.24, 2.45) is 4.99 Å². The van der Waals surface area contributed by atoms with Gasteiger partial charge < -0.3 is 9.30 Å². The standard InChI is InChI=1S/C18H14ClFN2O3S/c1-25-16(23)8-9-22-14-7-4-12(19)10-15(14)26-18(22)21-17(24)11-2-5-13(20)6-3-11/h2-7,10H,8-9H2,1H3. The normalized spacial score (nSPS) is 11.7. The number of hydrogen-bond acceptors (Lipinski definition) is 4. The molecule has 0 aliphatic heterocycles. The molecular formula is C18H14ClFN2O3S. The zero-order valence-corrected chi connectivity index (χ0v) is 15.3. The van der Waals surface area contributed by atoms with Gasteiger partial charge in [-0.3, -0.25) is 9.59 Å². The maximum atomic E-state index is 13.0. The Hall–Kier alpha value is -2.51. The Morgan fingerprint density at radius 1 is 1.23 bits per heavy atom. The van der Waals surface area contributed by atoms with Crippen molar-refractivity contribution in [3.63, 3.8) is 0 Å². The number of fused-ring (bicyclic) bond motifs is 1. The Labute approximate surface area is 157 Å². The zero-order chi connectivity index (χ0) is 18.7. The summed E-state index contributed by atoms with van der Waals surface area (Å²) >= 11 is 7.33. The number of nitrogens with zero attached hydrogens (tertiary/aromatic N) is 2. The summed E-state index contributed by atoms with van der Waals surface area (Å²) in [5, 5.41) is 0.565. The fourth-order valence-corrected chi connectivity index (χ4v) is 3.73. The van der Waals surface area contributed by atoms with Gasteiger partial charge in [0, 0.05) is 17.1 Å². The van der Waals surface area contributed by atoms with Gasteiger partial charge in [0.25, 0.3) is 5.91 Å². The number of thiazole rings is 1. The van der Waals surface area contributed by atoms with E-state index in [1.807, 2.05) is 6.07 Å². The van der Waals surface area contributed by atoms with Gasteiger partial charge in [-0.05, 0) is 42.5 Å². The maximum Gasteiger partial charge on any atom is 0.307 e. The van der Waals surface area contributed by atoms with Crippen molar-refractivity contribution in [2.45, 2.75) is 13.0 Å². The minimum Gasteiger partial charge on any atom is -0.469 e. The highest BCUT2D eigenvalue weighted by molar-refractivity contribution is 7.16. The molecule has 0 N–H and O–H groups in total. The van der Waals surface area contributed by atoms with Crippen LogP contribution >= 0.6 is 22.9 Å². The molecule has 0 atom stereocenters. The van der Waals surface area contributed by atoms with Crippen molar-refractivity contribution >= 4 is 45.0 Å². The molecule has 1 aromatic heterocycles. The van der Waals surface area contributed by atoms with Crippen LogP contribution < -0.4 is 4.80 Å². The molecule has 5 nitrogen and oxygen atoms in total. The molecule has 3 rings (SSSR count). The predicted molar refractivity (Wildman–Crippen MR) is 97.8 cm³/mol. The summed E-state index contributed by atoms with van der Waals surface area (Å²) in [6.07, 6.45) is 0.142. The van der Waals surface area contributed by atoms with Crippen LogP contribution in [-0.4, -0.2) is 23.6 Å². The summed E-state index contributed by atoms with van der Waals surface area (Å²) in [5.74, 6) is -1.28. The van der Waals surface area contributed by atoms with Crippen molar-refractivity contribution in [3.05, 3.63) is 63.7 Å².